The van der Waals surface area contributed by atoms with Gasteiger partial charge in [0.1, 0.15) is 11.9 Å². The summed E-state index contributed by atoms with van der Waals surface area (Å²) in [6.45, 7) is 1.72. The Kier molecular flexibility index (Phi) is 1.39. The second-order valence-electron chi connectivity index (χ2n) is 2.95. The van der Waals surface area contributed by atoms with Gasteiger partial charge in [-0.15, -0.1) is 0 Å². The SMILES string of the molecule is CC1=NNC(=O)[C@H]2CCC(=O)N12. The van der Waals surface area contributed by atoms with Crippen LogP contribution in [0.25, 0.3) is 0 Å². The molecule has 2 aliphatic heterocycles. The van der Waals surface area contributed by atoms with E-state index in [0.717, 1.165) is 0 Å². The predicted octanol–water partition coefficient (Wildman–Crippen LogP) is -0.559. The first-order chi connectivity index (χ1) is 5.70. The fraction of sp³-hybridized carbons (Fsp3) is 0.571. The smallest absolute Gasteiger partial charge is 0.263 e. The van der Waals surface area contributed by atoms with Crippen LogP contribution in [0.5, 0.6) is 0 Å². The summed E-state index contributed by atoms with van der Waals surface area (Å²) in [7, 11) is 0. The van der Waals surface area contributed by atoms with Gasteiger partial charge < -0.3 is 0 Å². The lowest BCUT2D eigenvalue weighted by Gasteiger charge is -2.26. The molecule has 1 atom stereocenters. The molecule has 12 heavy (non-hydrogen) atoms. The average Bonchev–Trinajstić information content (AvgIpc) is 2.42. The zero-order chi connectivity index (χ0) is 8.72. The zero-order valence-corrected chi connectivity index (χ0v) is 6.70. The summed E-state index contributed by atoms with van der Waals surface area (Å²) in [5, 5.41) is 3.73. The van der Waals surface area contributed by atoms with Crippen LogP contribution < -0.4 is 5.43 Å². The molecular formula is C7H9N3O2. The predicted molar refractivity (Wildman–Crippen MR) is 41.1 cm³/mol. The lowest BCUT2D eigenvalue weighted by Crippen LogP contribution is -2.50. The highest BCUT2D eigenvalue weighted by Crippen LogP contribution is 2.21. The maximum atomic E-state index is 11.2. The zero-order valence-electron chi connectivity index (χ0n) is 6.70. The molecule has 0 saturated carbocycles. The van der Waals surface area contributed by atoms with Crippen LogP contribution in [0.3, 0.4) is 0 Å². The van der Waals surface area contributed by atoms with Gasteiger partial charge in [0.2, 0.25) is 5.91 Å². The van der Waals surface area contributed by atoms with Gasteiger partial charge in [-0.1, -0.05) is 0 Å². The Hall–Kier alpha value is -1.39. The summed E-state index contributed by atoms with van der Waals surface area (Å²) in [4.78, 5) is 23.9. The van der Waals surface area contributed by atoms with Crippen LogP contribution in [0.2, 0.25) is 0 Å². The van der Waals surface area contributed by atoms with Crippen LogP contribution >= 0.6 is 0 Å². The molecule has 1 saturated heterocycles. The topological polar surface area (TPSA) is 61.8 Å². The first-order valence-electron chi connectivity index (χ1n) is 3.86. The number of fused-ring (bicyclic) bond motifs is 1. The van der Waals surface area contributed by atoms with Crippen LogP contribution in [0, 0.1) is 0 Å². The number of amides is 2. The molecule has 0 bridgehead atoms. The molecule has 0 unspecified atom stereocenters. The second kappa shape index (κ2) is 2.30. The number of hydrazone groups is 1. The fourth-order valence-electron chi connectivity index (χ4n) is 1.60. The van der Waals surface area contributed by atoms with Crippen LogP contribution in [0.4, 0.5) is 0 Å². The van der Waals surface area contributed by atoms with Gasteiger partial charge >= 0.3 is 0 Å². The van der Waals surface area contributed by atoms with Gasteiger partial charge in [0, 0.05) is 6.42 Å². The molecule has 0 aromatic carbocycles. The summed E-state index contributed by atoms with van der Waals surface area (Å²) in [6.07, 6.45) is 1.06. The van der Waals surface area contributed by atoms with E-state index in [1.165, 1.54) is 4.90 Å². The largest absolute Gasteiger partial charge is 0.286 e. The number of nitrogens with one attached hydrogen (secondary N) is 1. The molecule has 2 amide bonds. The van der Waals surface area contributed by atoms with Crippen molar-refractivity contribution in [2.24, 2.45) is 5.10 Å². The first-order valence-corrected chi connectivity index (χ1v) is 3.86. The standard InChI is InChI=1S/C7H9N3O2/c1-4-8-9-7(12)5-2-3-6(11)10(4)5/h5H,2-3H2,1H3,(H,9,12)/t5-/m1/s1. The number of rotatable bonds is 0. The van der Waals surface area contributed by atoms with E-state index in [0.29, 0.717) is 18.7 Å². The van der Waals surface area contributed by atoms with Crippen molar-refractivity contribution in [1.82, 2.24) is 10.3 Å². The van der Waals surface area contributed by atoms with Crippen LogP contribution in [-0.2, 0) is 9.59 Å². The van der Waals surface area contributed by atoms with Crippen LogP contribution in [0.1, 0.15) is 19.8 Å². The molecule has 0 aromatic rings. The number of carbonyl (C=O) groups is 2. The number of amidine groups is 1. The third-order valence-corrected chi connectivity index (χ3v) is 2.19. The highest BCUT2D eigenvalue weighted by Gasteiger charge is 2.39. The van der Waals surface area contributed by atoms with E-state index in [1.807, 2.05) is 0 Å². The van der Waals surface area contributed by atoms with E-state index in [9.17, 15) is 9.59 Å². The Morgan fingerprint density at radius 1 is 1.58 bits per heavy atom. The van der Waals surface area contributed by atoms with Gasteiger partial charge in [-0.05, 0) is 13.3 Å². The van der Waals surface area contributed by atoms with Crippen molar-refractivity contribution in [1.29, 1.82) is 0 Å². The van der Waals surface area contributed by atoms with Crippen molar-refractivity contribution in [3.8, 4) is 0 Å². The lowest BCUT2D eigenvalue weighted by molar-refractivity contribution is -0.132. The van der Waals surface area contributed by atoms with Gasteiger partial charge in [-0.3, -0.25) is 14.5 Å². The third-order valence-electron chi connectivity index (χ3n) is 2.19. The fourth-order valence-corrected chi connectivity index (χ4v) is 1.60. The van der Waals surface area contributed by atoms with Crippen molar-refractivity contribution in [3.63, 3.8) is 0 Å². The maximum Gasteiger partial charge on any atom is 0.263 e. The van der Waals surface area contributed by atoms with E-state index in [-0.39, 0.29) is 17.9 Å². The molecule has 0 radical (unpaired) electrons. The van der Waals surface area contributed by atoms with Crippen LogP contribution in [0.15, 0.2) is 5.10 Å². The molecule has 2 heterocycles. The highest BCUT2D eigenvalue weighted by atomic mass is 16.2. The van der Waals surface area contributed by atoms with E-state index in [4.69, 9.17) is 0 Å². The number of nitrogens with zero attached hydrogens (tertiary/aromatic N) is 2. The molecule has 5 heteroatoms. The molecule has 64 valence electrons. The Morgan fingerprint density at radius 2 is 2.33 bits per heavy atom. The quantitative estimate of drug-likeness (QED) is 0.525. The molecular weight excluding hydrogens is 158 g/mol. The maximum absolute atomic E-state index is 11.2. The first kappa shape index (κ1) is 7.27. The van der Waals surface area contributed by atoms with Gasteiger partial charge in [0.05, 0.1) is 0 Å². The van der Waals surface area contributed by atoms with E-state index in [2.05, 4.69) is 10.5 Å². The van der Waals surface area contributed by atoms with Gasteiger partial charge in [0.15, 0.2) is 0 Å². The van der Waals surface area contributed by atoms with Crippen LogP contribution in [-0.4, -0.2) is 28.6 Å². The summed E-state index contributed by atoms with van der Waals surface area (Å²) in [5.41, 5.74) is 2.38. The summed E-state index contributed by atoms with van der Waals surface area (Å²) in [5.74, 6) is 0.407. The van der Waals surface area contributed by atoms with E-state index >= 15 is 0 Å². The van der Waals surface area contributed by atoms with Gasteiger partial charge in [0.25, 0.3) is 5.91 Å². The van der Waals surface area contributed by atoms with Gasteiger partial charge in [-0.25, -0.2) is 5.43 Å². The molecule has 2 rings (SSSR count). The Balaban J connectivity index is 2.36. The van der Waals surface area contributed by atoms with Crippen molar-refractivity contribution in [2.75, 3.05) is 0 Å². The number of hydrogen-bond acceptors (Lipinski definition) is 3. The molecule has 0 spiro atoms. The lowest BCUT2D eigenvalue weighted by atomic mass is 10.2. The normalized spacial score (nSPS) is 28.2. The number of hydrogen-bond donors (Lipinski definition) is 1. The molecule has 5 nitrogen and oxygen atoms in total. The van der Waals surface area contributed by atoms with E-state index < -0.39 is 0 Å². The van der Waals surface area contributed by atoms with E-state index in [1.54, 1.807) is 6.92 Å². The molecule has 2 aliphatic rings. The second-order valence-corrected chi connectivity index (χ2v) is 2.95. The third kappa shape index (κ3) is 0.823. The van der Waals surface area contributed by atoms with Crippen molar-refractivity contribution >= 4 is 17.6 Å². The molecule has 1 fully saturated rings. The average molecular weight is 167 g/mol. The number of carbonyl (C=O) groups excluding carboxylic acids is 2. The monoisotopic (exact) mass is 167 g/mol. The summed E-state index contributed by atoms with van der Waals surface area (Å²) >= 11 is 0. The minimum Gasteiger partial charge on any atom is -0.286 e. The Labute approximate surface area is 69.4 Å². The molecule has 0 aliphatic carbocycles. The van der Waals surface area contributed by atoms with Crippen molar-refractivity contribution < 1.29 is 9.59 Å². The minimum absolute atomic E-state index is 0.00361. The summed E-state index contributed by atoms with van der Waals surface area (Å²) in [6, 6.07) is -0.310. The summed E-state index contributed by atoms with van der Waals surface area (Å²) < 4.78 is 0. The molecule has 1 N–H and O–H groups in total. The molecule has 0 aromatic heterocycles. The van der Waals surface area contributed by atoms with Gasteiger partial charge in [-0.2, -0.15) is 5.10 Å². The highest BCUT2D eigenvalue weighted by molar-refractivity contribution is 6.06. The van der Waals surface area contributed by atoms with Crippen molar-refractivity contribution in [3.05, 3.63) is 0 Å². The minimum atomic E-state index is -0.310. The Morgan fingerprint density at radius 3 is 3.00 bits per heavy atom. The Bertz CT molecular complexity index is 282. The van der Waals surface area contributed by atoms with Crippen molar-refractivity contribution in [2.45, 2.75) is 25.8 Å².